The number of aromatic nitrogens is 2. The number of benzene rings is 1. The van der Waals surface area contributed by atoms with Gasteiger partial charge >= 0.3 is 0 Å². The summed E-state index contributed by atoms with van der Waals surface area (Å²) in [5.41, 5.74) is 1.87. The SMILES string of the molecule is Cc1nn(C2CCC(C(C)(C)C)CC2)c(O)c1N=Nc1ccc(C=C2SC(=O)NC2=O)cc1O. The molecular weight excluding hydrogens is 454 g/mol. The van der Waals surface area contributed by atoms with E-state index in [4.69, 9.17) is 0 Å². The Morgan fingerprint density at radius 2 is 1.85 bits per heavy atom. The first-order chi connectivity index (χ1) is 16.0. The number of thioether (sulfide) groups is 1. The van der Waals surface area contributed by atoms with Crippen molar-refractivity contribution < 1.29 is 19.8 Å². The molecule has 0 bridgehead atoms. The van der Waals surface area contributed by atoms with Crippen molar-refractivity contribution in [3.05, 3.63) is 34.4 Å². The highest BCUT2D eigenvalue weighted by Crippen LogP contribution is 2.44. The van der Waals surface area contributed by atoms with E-state index in [0.29, 0.717) is 17.2 Å². The topological polar surface area (TPSA) is 129 Å². The van der Waals surface area contributed by atoms with Gasteiger partial charge in [0.15, 0.2) is 5.69 Å². The number of imide groups is 1. The second-order valence-electron chi connectivity index (χ2n) is 9.87. The third-order valence-corrected chi connectivity index (χ3v) is 7.30. The third kappa shape index (κ3) is 5.01. The van der Waals surface area contributed by atoms with Crippen molar-refractivity contribution in [1.29, 1.82) is 0 Å². The smallest absolute Gasteiger partial charge is 0.290 e. The number of aromatic hydroxyl groups is 2. The first-order valence-corrected chi connectivity index (χ1v) is 12.1. The number of nitrogens with one attached hydrogen (secondary N) is 1. The highest BCUT2D eigenvalue weighted by molar-refractivity contribution is 8.18. The zero-order chi connectivity index (χ0) is 24.6. The first kappa shape index (κ1) is 24.0. The van der Waals surface area contributed by atoms with E-state index in [1.165, 1.54) is 12.1 Å². The number of aryl methyl sites for hydroxylation is 1. The minimum atomic E-state index is -0.465. The molecule has 2 aromatic rings. The van der Waals surface area contributed by atoms with Crippen LogP contribution in [-0.2, 0) is 4.79 Å². The van der Waals surface area contributed by atoms with Crippen molar-refractivity contribution in [2.75, 3.05) is 0 Å². The predicted octanol–water partition coefficient (Wildman–Crippen LogP) is 6.12. The van der Waals surface area contributed by atoms with E-state index >= 15 is 0 Å². The largest absolute Gasteiger partial charge is 0.506 e. The van der Waals surface area contributed by atoms with Crippen LogP contribution in [0.25, 0.3) is 6.08 Å². The molecule has 180 valence electrons. The van der Waals surface area contributed by atoms with E-state index in [-0.39, 0.29) is 39.4 Å². The number of carbonyl (C=O) groups is 2. The van der Waals surface area contributed by atoms with Crippen LogP contribution in [0.15, 0.2) is 33.3 Å². The second kappa shape index (κ2) is 9.25. The molecule has 1 saturated heterocycles. The minimum absolute atomic E-state index is 0.0183. The lowest BCUT2D eigenvalue weighted by Gasteiger charge is -2.37. The van der Waals surface area contributed by atoms with Crippen LogP contribution in [-0.4, -0.2) is 31.1 Å². The Labute approximate surface area is 202 Å². The molecular formula is C24H29N5O4S. The van der Waals surface area contributed by atoms with Gasteiger partial charge in [-0.3, -0.25) is 14.9 Å². The summed E-state index contributed by atoms with van der Waals surface area (Å²) in [7, 11) is 0. The van der Waals surface area contributed by atoms with Gasteiger partial charge in [0.2, 0.25) is 5.88 Å². The highest BCUT2D eigenvalue weighted by atomic mass is 32.2. The van der Waals surface area contributed by atoms with Gasteiger partial charge in [-0.1, -0.05) is 26.8 Å². The summed E-state index contributed by atoms with van der Waals surface area (Å²) in [6.45, 7) is 8.59. The Morgan fingerprint density at radius 3 is 2.44 bits per heavy atom. The number of rotatable bonds is 4. The number of azo groups is 1. The molecule has 1 aromatic carbocycles. The molecule has 34 heavy (non-hydrogen) atoms. The van der Waals surface area contributed by atoms with E-state index < -0.39 is 11.1 Å². The van der Waals surface area contributed by atoms with Crippen molar-refractivity contribution in [2.45, 2.75) is 59.4 Å². The van der Waals surface area contributed by atoms with Gasteiger partial charge in [0.05, 0.1) is 16.6 Å². The molecule has 2 heterocycles. The van der Waals surface area contributed by atoms with E-state index in [9.17, 15) is 19.8 Å². The van der Waals surface area contributed by atoms with Gasteiger partial charge in [-0.25, -0.2) is 4.68 Å². The summed E-state index contributed by atoms with van der Waals surface area (Å²) in [4.78, 5) is 23.2. The predicted molar refractivity (Wildman–Crippen MR) is 130 cm³/mol. The maximum absolute atomic E-state index is 11.7. The monoisotopic (exact) mass is 483 g/mol. The normalized spacial score (nSPS) is 22.6. The molecule has 1 aliphatic heterocycles. The zero-order valence-electron chi connectivity index (χ0n) is 19.7. The Bertz CT molecular complexity index is 1190. The first-order valence-electron chi connectivity index (χ1n) is 11.3. The number of hydrogen-bond donors (Lipinski definition) is 3. The van der Waals surface area contributed by atoms with E-state index in [1.54, 1.807) is 23.7 Å². The lowest BCUT2D eigenvalue weighted by Crippen LogP contribution is -2.27. The minimum Gasteiger partial charge on any atom is -0.506 e. The molecule has 9 nitrogen and oxygen atoms in total. The van der Waals surface area contributed by atoms with Crippen LogP contribution in [0.4, 0.5) is 16.2 Å². The van der Waals surface area contributed by atoms with Gasteiger partial charge in [0.1, 0.15) is 11.4 Å². The van der Waals surface area contributed by atoms with Crippen molar-refractivity contribution in [1.82, 2.24) is 15.1 Å². The maximum atomic E-state index is 11.7. The van der Waals surface area contributed by atoms with Crippen LogP contribution in [0.3, 0.4) is 0 Å². The van der Waals surface area contributed by atoms with Gasteiger partial charge in [-0.05, 0) is 79.5 Å². The van der Waals surface area contributed by atoms with Crippen LogP contribution < -0.4 is 5.32 Å². The molecule has 0 atom stereocenters. The molecule has 1 aromatic heterocycles. The van der Waals surface area contributed by atoms with Crippen molar-refractivity contribution in [3.63, 3.8) is 0 Å². The molecule has 4 rings (SSSR count). The molecule has 2 fully saturated rings. The zero-order valence-corrected chi connectivity index (χ0v) is 20.5. The van der Waals surface area contributed by atoms with E-state index in [0.717, 1.165) is 37.4 Å². The lowest BCUT2D eigenvalue weighted by atomic mass is 9.71. The van der Waals surface area contributed by atoms with Crippen LogP contribution in [0.5, 0.6) is 11.6 Å². The molecule has 10 heteroatoms. The second-order valence-corrected chi connectivity index (χ2v) is 10.9. The Hall–Kier alpha value is -3.14. The highest BCUT2D eigenvalue weighted by Gasteiger charge is 2.32. The molecule has 1 aliphatic carbocycles. The van der Waals surface area contributed by atoms with Gasteiger partial charge in [-0.15, -0.1) is 10.2 Å². The van der Waals surface area contributed by atoms with Crippen LogP contribution in [0.1, 0.15) is 63.8 Å². The van der Waals surface area contributed by atoms with Crippen molar-refractivity contribution in [2.24, 2.45) is 21.6 Å². The number of carbonyl (C=O) groups excluding carboxylic acids is 2. The number of nitrogens with zero attached hydrogens (tertiary/aromatic N) is 4. The molecule has 0 unspecified atom stereocenters. The molecule has 2 aliphatic rings. The van der Waals surface area contributed by atoms with Gasteiger partial charge in [-0.2, -0.15) is 5.10 Å². The summed E-state index contributed by atoms with van der Waals surface area (Å²) in [6.07, 6.45) is 5.60. The Kier molecular flexibility index (Phi) is 6.53. The Morgan fingerprint density at radius 1 is 1.15 bits per heavy atom. The molecule has 1 saturated carbocycles. The fraction of sp³-hybridized carbons (Fsp3) is 0.458. The molecule has 3 N–H and O–H groups in total. The van der Waals surface area contributed by atoms with Crippen LogP contribution in [0.2, 0.25) is 0 Å². The van der Waals surface area contributed by atoms with Gasteiger partial charge in [0, 0.05) is 0 Å². The number of phenolic OH excluding ortho intramolecular Hbond substituents is 1. The summed E-state index contributed by atoms with van der Waals surface area (Å²) < 4.78 is 1.66. The van der Waals surface area contributed by atoms with Gasteiger partial charge in [0.25, 0.3) is 11.1 Å². The summed E-state index contributed by atoms with van der Waals surface area (Å²) >= 11 is 0.805. The quantitative estimate of drug-likeness (QED) is 0.355. The van der Waals surface area contributed by atoms with Gasteiger partial charge < -0.3 is 10.2 Å². The average Bonchev–Trinajstić information content (AvgIpc) is 3.23. The summed E-state index contributed by atoms with van der Waals surface area (Å²) in [5, 5.41) is 35.7. The van der Waals surface area contributed by atoms with Crippen molar-refractivity contribution in [3.8, 4) is 11.6 Å². The van der Waals surface area contributed by atoms with Crippen LogP contribution >= 0.6 is 11.8 Å². The summed E-state index contributed by atoms with van der Waals surface area (Å²) in [6, 6.07) is 4.76. The third-order valence-electron chi connectivity index (χ3n) is 6.49. The fourth-order valence-electron chi connectivity index (χ4n) is 4.48. The number of amides is 2. The fourth-order valence-corrected chi connectivity index (χ4v) is 5.16. The Balaban J connectivity index is 1.49. The van der Waals surface area contributed by atoms with Crippen molar-refractivity contribution >= 4 is 40.4 Å². The molecule has 0 radical (unpaired) electrons. The maximum Gasteiger partial charge on any atom is 0.290 e. The van der Waals surface area contributed by atoms with E-state index in [1.807, 2.05) is 0 Å². The number of phenols is 1. The molecule has 2 amide bonds. The standard InChI is InChI=1S/C24H29N5O4S/c1-13-20(22(32)29(28-13)16-8-6-15(7-9-16)24(2,3)4)27-26-17-10-5-14(11-18(17)30)12-19-21(31)25-23(33)34-19/h5,10-12,15-16,30,32H,6-9H2,1-4H3,(H,25,31,33). The molecule has 0 spiro atoms. The van der Waals surface area contributed by atoms with Crippen LogP contribution in [0, 0.1) is 18.3 Å². The summed E-state index contributed by atoms with van der Waals surface area (Å²) in [5.74, 6) is 0.0339. The van der Waals surface area contributed by atoms with E-state index in [2.05, 4.69) is 41.4 Å². The number of hydrogen-bond acceptors (Lipinski definition) is 8. The average molecular weight is 484 g/mol. The lowest BCUT2D eigenvalue weighted by molar-refractivity contribution is -0.115.